The average Bonchev–Trinajstić information content (AvgIpc) is 3.26. The number of methoxy groups -OCH3 is 1. The first kappa shape index (κ1) is 20.6. The molecule has 1 aliphatic carbocycles. The number of carbonyl (C=O) groups excluding carboxylic acids is 2. The predicted molar refractivity (Wildman–Crippen MR) is 109 cm³/mol. The van der Waals surface area contributed by atoms with Crippen LogP contribution in [0.4, 0.5) is 0 Å². The van der Waals surface area contributed by atoms with Crippen LogP contribution >= 0.6 is 0 Å². The van der Waals surface area contributed by atoms with Gasteiger partial charge in [-0.15, -0.1) is 0 Å². The Morgan fingerprint density at radius 3 is 2.41 bits per heavy atom. The van der Waals surface area contributed by atoms with Crippen LogP contribution in [-0.4, -0.2) is 19.0 Å². The monoisotopic (exact) mass is 394 g/mol. The van der Waals surface area contributed by atoms with E-state index in [0.29, 0.717) is 11.3 Å². The third kappa shape index (κ3) is 4.86. The van der Waals surface area contributed by atoms with E-state index in [1.807, 2.05) is 74.5 Å². The molecule has 0 bridgehead atoms. The molecule has 2 aromatic carbocycles. The van der Waals surface area contributed by atoms with Crippen LogP contribution in [0.1, 0.15) is 26.3 Å². The molecule has 5 heteroatoms. The second-order valence-corrected chi connectivity index (χ2v) is 7.84. The Morgan fingerprint density at radius 2 is 1.72 bits per heavy atom. The van der Waals surface area contributed by atoms with Crippen LogP contribution < -0.4 is 4.74 Å². The lowest BCUT2D eigenvalue weighted by atomic mass is 10.1. The Labute approximate surface area is 171 Å². The van der Waals surface area contributed by atoms with Gasteiger partial charge < -0.3 is 14.2 Å². The molecule has 2 atom stereocenters. The second kappa shape index (κ2) is 8.52. The zero-order valence-corrected chi connectivity index (χ0v) is 17.2. The molecule has 1 aliphatic rings. The van der Waals surface area contributed by atoms with Gasteiger partial charge in [0.05, 0.1) is 13.0 Å². The van der Waals surface area contributed by atoms with Gasteiger partial charge in [0.25, 0.3) is 0 Å². The summed E-state index contributed by atoms with van der Waals surface area (Å²) in [5.74, 6) is 0.481. The summed E-state index contributed by atoms with van der Waals surface area (Å²) in [6.07, 6.45) is 1.81. The lowest BCUT2D eigenvalue weighted by Crippen LogP contribution is -2.10. The van der Waals surface area contributed by atoms with Crippen molar-refractivity contribution in [1.29, 1.82) is 0 Å². The molecule has 5 nitrogen and oxygen atoms in total. The summed E-state index contributed by atoms with van der Waals surface area (Å²) < 4.78 is 16.1. The molecule has 1 saturated carbocycles. The molecule has 29 heavy (non-hydrogen) atoms. The van der Waals surface area contributed by atoms with E-state index in [1.54, 1.807) is 6.92 Å². The predicted octanol–water partition coefficient (Wildman–Crippen LogP) is 4.91. The van der Waals surface area contributed by atoms with Crippen LogP contribution in [0.25, 0.3) is 0 Å². The van der Waals surface area contributed by atoms with Gasteiger partial charge >= 0.3 is 11.9 Å². The summed E-state index contributed by atoms with van der Waals surface area (Å²) in [4.78, 5) is 24.2. The van der Waals surface area contributed by atoms with Gasteiger partial charge in [-0.05, 0) is 48.1 Å². The Balaban J connectivity index is 1.59. The molecule has 0 radical (unpaired) electrons. The lowest BCUT2D eigenvalue weighted by Gasteiger charge is -2.09. The molecule has 152 valence electrons. The lowest BCUT2D eigenvalue weighted by molar-refractivity contribution is -0.147. The van der Waals surface area contributed by atoms with Crippen molar-refractivity contribution in [3.8, 4) is 11.5 Å². The molecule has 1 fully saturated rings. The zero-order valence-electron chi connectivity index (χ0n) is 17.2. The molecule has 2 aromatic rings. The number of ether oxygens (including phenoxy) is 3. The SMILES string of the molecule is COC(=O)C(C)=C[C@H]1[C@@H](C(=O)OCc2cccc(Oc3ccccc3)c2)C1(C)C. The minimum Gasteiger partial charge on any atom is -0.466 e. The molecule has 3 rings (SSSR count). The zero-order chi connectivity index (χ0) is 21.0. The first-order valence-corrected chi connectivity index (χ1v) is 9.58. The van der Waals surface area contributed by atoms with Gasteiger partial charge in [-0.2, -0.15) is 0 Å². The molecule has 0 saturated heterocycles. The van der Waals surface area contributed by atoms with E-state index in [9.17, 15) is 9.59 Å². The van der Waals surface area contributed by atoms with Crippen molar-refractivity contribution in [3.63, 3.8) is 0 Å². The average molecular weight is 394 g/mol. The Hall–Kier alpha value is -3.08. The smallest absolute Gasteiger partial charge is 0.333 e. The molecule has 0 N–H and O–H groups in total. The van der Waals surface area contributed by atoms with Gasteiger partial charge in [-0.3, -0.25) is 4.79 Å². The van der Waals surface area contributed by atoms with Crippen LogP contribution in [0.2, 0.25) is 0 Å². The summed E-state index contributed by atoms with van der Waals surface area (Å²) >= 11 is 0. The normalized spacial score (nSPS) is 19.9. The minimum absolute atomic E-state index is 0.0400. The highest BCUT2D eigenvalue weighted by atomic mass is 16.5. The Morgan fingerprint density at radius 1 is 1.03 bits per heavy atom. The quantitative estimate of drug-likeness (QED) is 0.493. The van der Waals surface area contributed by atoms with Crippen LogP contribution in [0.3, 0.4) is 0 Å². The van der Waals surface area contributed by atoms with Crippen molar-refractivity contribution in [2.24, 2.45) is 17.3 Å². The number of hydrogen-bond donors (Lipinski definition) is 0. The number of rotatable bonds is 7. The largest absolute Gasteiger partial charge is 0.466 e. The van der Waals surface area contributed by atoms with Crippen molar-refractivity contribution < 1.29 is 23.8 Å². The van der Waals surface area contributed by atoms with E-state index < -0.39 is 0 Å². The highest BCUT2D eigenvalue weighted by molar-refractivity contribution is 5.88. The van der Waals surface area contributed by atoms with E-state index in [2.05, 4.69) is 0 Å². The van der Waals surface area contributed by atoms with Crippen LogP contribution in [0.5, 0.6) is 11.5 Å². The molecule has 0 unspecified atom stereocenters. The van der Waals surface area contributed by atoms with Gasteiger partial charge in [0.15, 0.2) is 0 Å². The fourth-order valence-electron chi connectivity index (χ4n) is 3.50. The number of esters is 2. The maximum atomic E-state index is 12.6. The number of benzene rings is 2. The van der Waals surface area contributed by atoms with Gasteiger partial charge in [-0.25, -0.2) is 4.79 Å². The fraction of sp³-hybridized carbons (Fsp3) is 0.333. The molecule has 0 aliphatic heterocycles. The topological polar surface area (TPSA) is 61.8 Å². The maximum Gasteiger partial charge on any atom is 0.333 e. The van der Waals surface area contributed by atoms with E-state index in [1.165, 1.54) is 7.11 Å². The van der Waals surface area contributed by atoms with Crippen molar-refractivity contribution in [3.05, 3.63) is 71.8 Å². The second-order valence-electron chi connectivity index (χ2n) is 7.84. The van der Waals surface area contributed by atoms with E-state index >= 15 is 0 Å². The number of allylic oxidation sites excluding steroid dienone is 1. The summed E-state index contributed by atoms with van der Waals surface area (Å²) in [5.41, 5.74) is 1.11. The molecule has 0 aromatic heterocycles. The van der Waals surface area contributed by atoms with Crippen molar-refractivity contribution in [2.75, 3.05) is 7.11 Å². The van der Waals surface area contributed by atoms with E-state index in [0.717, 1.165) is 11.3 Å². The Kier molecular flexibility index (Phi) is 6.06. The van der Waals surface area contributed by atoms with Crippen LogP contribution in [-0.2, 0) is 25.7 Å². The third-order valence-electron chi connectivity index (χ3n) is 5.36. The summed E-state index contributed by atoms with van der Waals surface area (Å²) in [5, 5.41) is 0. The molecular weight excluding hydrogens is 368 g/mol. The van der Waals surface area contributed by atoms with Gasteiger partial charge in [0.1, 0.15) is 18.1 Å². The van der Waals surface area contributed by atoms with E-state index in [-0.39, 0.29) is 35.8 Å². The highest BCUT2D eigenvalue weighted by Gasteiger charge is 2.61. The molecule has 0 heterocycles. The van der Waals surface area contributed by atoms with Crippen LogP contribution in [0.15, 0.2) is 66.2 Å². The van der Waals surface area contributed by atoms with Gasteiger partial charge in [0.2, 0.25) is 0 Å². The number of para-hydroxylation sites is 1. The summed E-state index contributed by atoms with van der Waals surface area (Å²) in [6, 6.07) is 17.0. The first-order chi connectivity index (χ1) is 13.8. The van der Waals surface area contributed by atoms with Crippen molar-refractivity contribution in [2.45, 2.75) is 27.4 Å². The Bertz CT molecular complexity index is 914. The summed E-state index contributed by atoms with van der Waals surface area (Å²) in [6.45, 7) is 5.86. The number of hydrogen-bond acceptors (Lipinski definition) is 5. The maximum absolute atomic E-state index is 12.6. The van der Waals surface area contributed by atoms with E-state index in [4.69, 9.17) is 14.2 Å². The fourth-order valence-corrected chi connectivity index (χ4v) is 3.50. The molecule has 0 amide bonds. The van der Waals surface area contributed by atoms with Crippen molar-refractivity contribution >= 4 is 11.9 Å². The summed E-state index contributed by atoms with van der Waals surface area (Å²) in [7, 11) is 1.35. The van der Waals surface area contributed by atoms with Gasteiger partial charge in [-0.1, -0.05) is 50.3 Å². The molecule has 0 spiro atoms. The van der Waals surface area contributed by atoms with Gasteiger partial charge in [0, 0.05) is 5.57 Å². The first-order valence-electron chi connectivity index (χ1n) is 9.58. The van der Waals surface area contributed by atoms with Crippen LogP contribution in [0, 0.1) is 17.3 Å². The highest BCUT2D eigenvalue weighted by Crippen LogP contribution is 2.59. The van der Waals surface area contributed by atoms with Crippen molar-refractivity contribution in [1.82, 2.24) is 0 Å². The standard InChI is InChI=1S/C24H26O5/c1-16(22(25)27-4)13-20-21(24(20,2)3)23(26)28-15-17-9-8-12-19(14-17)29-18-10-6-5-7-11-18/h5-14,20-21H,15H2,1-4H3/t20-,21-/m0/s1. The minimum atomic E-state index is -0.380. The molecular formula is C24H26O5. The number of carbonyl (C=O) groups is 2. The third-order valence-corrected chi connectivity index (χ3v) is 5.36.